The molecule has 5 heteroatoms. The van der Waals surface area contributed by atoms with Gasteiger partial charge >= 0.3 is 0 Å². The molecule has 2 aromatic heterocycles. The van der Waals surface area contributed by atoms with Gasteiger partial charge in [-0.05, 0) is 41.4 Å². The maximum Gasteiger partial charge on any atom is 0.214 e. The first-order valence-corrected chi connectivity index (χ1v) is 7.22. The molecule has 19 heavy (non-hydrogen) atoms. The summed E-state index contributed by atoms with van der Waals surface area (Å²) in [6, 6.07) is 6.97. The van der Waals surface area contributed by atoms with Gasteiger partial charge in [0.05, 0.1) is 6.10 Å². The fourth-order valence-corrected chi connectivity index (χ4v) is 3.06. The summed E-state index contributed by atoms with van der Waals surface area (Å²) in [5.41, 5.74) is 1.18. The van der Waals surface area contributed by atoms with Crippen molar-refractivity contribution in [2.45, 2.75) is 19.1 Å². The Hall–Kier alpha value is -1.46. The number of hydrogen-bond donors (Lipinski definition) is 0. The van der Waals surface area contributed by atoms with E-state index in [1.165, 1.54) is 11.6 Å². The molecule has 100 valence electrons. The van der Waals surface area contributed by atoms with Gasteiger partial charge < -0.3 is 9.64 Å². The van der Waals surface area contributed by atoms with Crippen LogP contribution in [-0.4, -0.2) is 24.2 Å². The highest BCUT2D eigenvalue weighted by molar-refractivity contribution is 7.07. The first-order valence-electron chi connectivity index (χ1n) is 6.27. The lowest BCUT2D eigenvalue weighted by molar-refractivity contribution is -0.0174. The van der Waals surface area contributed by atoms with Crippen LogP contribution in [-0.2, 0) is 4.74 Å². The average molecular weight is 278 g/mol. The quantitative estimate of drug-likeness (QED) is 0.789. The minimum atomic E-state index is -0.441. The molecule has 0 saturated carbocycles. The zero-order chi connectivity index (χ0) is 13.2. The van der Waals surface area contributed by atoms with E-state index in [4.69, 9.17) is 4.74 Å². The molecule has 0 amide bonds. The molecule has 0 aliphatic carbocycles. The van der Waals surface area contributed by atoms with Crippen LogP contribution in [0.4, 0.5) is 10.2 Å². The van der Waals surface area contributed by atoms with Crippen molar-refractivity contribution >= 4 is 17.2 Å². The monoisotopic (exact) mass is 278 g/mol. The van der Waals surface area contributed by atoms with E-state index in [-0.39, 0.29) is 12.2 Å². The molecule has 1 fully saturated rings. The van der Waals surface area contributed by atoms with Crippen LogP contribution in [0, 0.1) is 5.95 Å². The van der Waals surface area contributed by atoms with Gasteiger partial charge in [-0.25, -0.2) is 4.98 Å². The summed E-state index contributed by atoms with van der Waals surface area (Å²) in [7, 11) is 0. The largest absolute Gasteiger partial charge is 0.367 e. The predicted octanol–water partition coefficient (Wildman–Crippen LogP) is 3.25. The SMILES string of the molecule is CC1CN(c2cccc(F)n2)CC(c2ccsc2)O1. The second-order valence-electron chi connectivity index (χ2n) is 4.72. The zero-order valence-electron chi connectivity index (χ0n) is 10.6. The van der Waals surface area contributed by atoms with Crippen molar-refractivity contribution in [3.8, 4) is 0 Å². The second-order valence-corrected chi connectivity index (χ2v) is 5.50. The van der Waals surface area contributed by atoms with Crippen molar-refractivity contribution in [2.75, 3.05) is 18.0 Å². The summed E-state index contributed by atoms with van der Waals surface area (Å²) < 4.78 is 19.2. The summed E-state index contributed by atoms with van der Waals surface area (Å²) in [6.07, 6.45) is 0.129. The van der Waals surface area contributed by atoms with Crippen LogP contribution in [0.15, 0.2) is 35.0 Å². The number of anilines is 1. The van der Waals surface area contributed by atoms with Crippen molar-refractivity contribution in [3.63, 3.8) is 0 Å². The van der Waals surface area contributed by atoms with Gasteiger partial charge in [0, 0.05) is 13.1 Å². The molecule has 1 aliphatic rings. The average Bonchev–Trinajstić information content (AvgIpc) is 2.92. The van der Waals surface area contributed by atoms with Gasteiger partial charge in [0.2, 0.25) is 5.95 Å². The van der Waals surface area contributed by atoms with E-state index in [9.17, 15) is 4.39 Å². The number of hydrogen-bond acceptors (Lipinski definition) is 4. The van der Waals surface area contributed by atoms with Crippen LogP contribution < -0.4 is 4.90 Å². The van der Waals surface area contributed by atoms with Gasteiger partial charge in [0.25, 0.3) is 0 Å². The number of rotatable bonds is 2. The number of aromatic nitrogens is 1. The van der Waals surface area contributed by atoms with Crippen LogP contribution in [0.1, 0.15) is 18.6 Å². The molecular weight excluding hydrogens is 263 g/mol. The highest BCUT2D eigenvalue weighted by atomic mass is 32.1. The van der Waals surface area contributed by atoms with Gasteiger partial charge in [0.15, 0.2) is 0 Å². The van der Waals surface area contributed by atoms with E-state index in [2.05, 4.69) is 21.3 Å². The van der Waals surface area contributed by atoms with Crippen LogP contribution >= 0.6 is 11.3 Å². The third kappa shape index (κ3) is 2.77. The number of nitrogens with zero attached hydrogens (tertiary/aromatic N) is 2. The summed E-state index contributed by atoms with van der Waals surface area (Å²) in [4.78, 5) is 6.04. The summed E-state index contributed by atoms with van der Waals surface area (Å²) in [6.45, 7) is 3.47. The molecule has 0 bridgehead atoms. The third-order valence-corrected chi connectivity index (χ3v) is 3.90. The van der Waals surface area contributed by atoms with Crippen LogP contribution in [0.25, 0.3) is 0 Å². The molecule has 0 aromatic carbocycles. The number of thiophene rings is 1. The van der Waals surface area contributed by atoms with Gasteiger partial charge in [-0.15, -0.1) is 0 Å². The highest BCUT2D eigenvalue weighted by Crippen LogP contribution is 2.28. The normalized spacial score (nSPS) is 23.6. The summed E-state index contributed by atoms with van der Waals surface area (Å²) in [5.74, 6) is 0.235. The first kappa shape index (κ1) is 12.6. The molecule has 0 radical (unpaired) electrons. The molecule has 1 aliphatic heterocycles. The fraction of sp³-hybridized carbons (Fsp3) is 0.357. The van der Waals surface area contributed by atoms with Gasteiger partial charge in [-0.2, -0.15) is 15.7 Å². The molecule has 0 N–H and O–H groups in total. The van der Waals surface area contributed by atoms with E-state index >= 15 is 0 Å². The van der Waals surface area contributed by atoms with E-state index in [0.29, 0.717) is 12.4 Å². The van der Waals surface area contributed by atoms with Gasteiger partial charge in [-0.3, -0.25) is 0 Å². The summed E-state index contributed by atoms with van der Waals surface area (Å²) >= 11 is 1.66. The molecule has 2 aromatic rings. The molecule has 2 unspecified atom stereocenters. The minimum absolute atomic E-state index is 0.0278. The number of ether oxygens (including phenoxy) is 1. The molecule has 2 atom stereocenters. The number of halogens is 1. The lowest BCUT2D eigenvalue weighted by Gasteiger charge is -2.37. The molecule has 0 spiro atoms. The Balaban J connectivity index is 1.83. The molecule has 3 nitrogen and oxygen atoms in total. The van der Waals surface area contributed by atoms with Crippen molar-refractivity contribution < 1.29 is 9.13 Å². The number of pyridine rings is 1. The van der Waals surface area contributed by atoms with Crippen LogP contribution in [0.3, 0.4) is 0 Å². The first-order chi connectivity index (χ1) is 9.22. The minimum Gasteiger partial charge on any atom is -0.367 e. The Morgan fingerprint density at radius 3 is 3.00 bits per heavy atom. The molecular formula is C14H15FN2OS. The lowest BCUT2D eigenvalue weighted by Crippen LogP contribution is -2.43. The molecule has 1 saturated heterocycles. The van der Waals surface area contributed by atoms with Crippen LogP contribution in [0.5, 0.6) is 0 Å². The molecule has 3 heterocycles. The molecule has 3 rings (SSSR count). The Morgan fingerprint density at radius 2 is 2.26 bits per heavy atom. The lowest BCUT2D eigenvalue weighted by atomic mass is 10.1. The second kappa shape index (κ2) is 5.27. The zero-order valence-corrected chi connectivity index (χ0v) is 11.4. The number of morpholine rings is 1. The van der Waals surface area contributed by atoms with Crippen molar-refractivity contribution in [1.29, 1.82) is 0 Å². The predicted molar refractivity (Wildman–Crippen MR) is 74.0 cm³/mol. The fourth-order valence-electron chi connectivity index (χ4n) is 2.35. The highest BCUT2D eigenvalue weighted by Gasteiger charge is 2.27. The Bertz CT molecular complexity index is 546. The van der Waals surface area contributed by atoms with E-state index in [1.807, 2.05) is 18.4 Å². The Kier molecular flexibility index (Phi) is 3.48. The van der Waals surface area contributed by atoms with Gasteiger partial charge in [-0.1, -0.05) is 6.07 Å². The van der Waals surface area contributed by atoms with Crippen molar-refractivity contribution in [3.05, 3.63) is 46.5 Å². The third-order valence-electron chi connectivity index (χ3n) is 3.20. The Labute approximate surface area is 115 Å². The maximum atomic E-state index is 13.2. The topological polar surface area (TPSA) is 25.4 Å². The Morgan fingerprint density at radius 1 is 1.37 bits per heavy atom. The smallest absolute Gasteiger partial charge is 0.214 e. The van der Waals surface area contributed by atoms with Crippen LogP contribution in [0.2, 0.25) is 0 Å². The maximum absolute atomic E-state index is 13.2. The van der Waals surface area contributed by atoms with E-state index in [1.54, 1.807) is 17.4 Å². The van der Waals surface area contributed by atoms with E-state index in [0.717, 1.165) is 6.54 Å². The van der Waals surface area contributed by atoms with E-state index < -0.39 is 5.95 Å². The van der Waals surface area contributed by atoms with Crippen molar-refractivity contribution in [1.82, 2.24) is 4.98 Å². The summed E-state index contributed by atoms with van der Waals surface area (Å²) in [5, 5.41) is 4.14. The van der Waals surface area contributed by atoms with Gasteiger partial charge in [0.1, 0.15) is 11.9 Å². The standard InChI is InChI=1S/C14H15FN2OS/c1-10-7-17(14-4-2-3-13(15)16-14)8-12(18-10)11-5-6-19-9-11/h2-6,9-10,12H,7-8H2,1H3. The van der Waals surface area contributed by atoms with Crippen molar-refractivity contribution in [2.24, 2.45) is 0 Å².